The highest BCUT2D eigenvalue weighted by molar-refractivity contribution is 7.88. The molecule has 140 valence electrons. The smallest absolute Gasteiger partial charge is 0.218 e. The maximum absolute atomic E-state index is 12.8. The minimum atomic E-state index is -3.26. The Hall–Kier alpha value is -1.69. The molecule has 3 rings (SSSR count). The van der Waals surface area contributed by atoms with E-state index < -0.39 is 10.0 Å². The van der Waals surface area contributed by atoms with Crippen LogP contribution in [0, 0.1) is 20.8 Å². The molecule has 0 bridgehead atoms. The van der Waals surface area contributed by atoms with E-state index in [1.807, 2.05) is 31.2 Å². The Morgan fingerprint density at radius 1 is 0.846 bits per heavy atom. The average molecular weight is 373 g/mol. The predicted molar refractivity (Wildman–Crippen MR) is 107 cm³/mol. The number of nitrogens with zero attached hydrogens (tertiary/aromatic N) is 2. The van der Waals surface area contributed by atoms with E-state index in [4.69, 9.17) is 0 Å². The summed E-state index contributed by atoms with van der Waals surface area (Å²) in [5.74, 6) is 0.0939. The van der Waals surface area contributed by atoms with Crippen LogP contribution in [0.2, 0.25) is 0 Å². The molecule has 5 heteroatoms. The summed E-state index contributed by atoms with van der Waals surface area (Å²) in [6.45, 7) is 9.79. The van der Waals surface area contributed by atoms with Crippen LogP contribution < -0.4 is 0 Å². The maximum atomic E-state index is 12.8. The third-order valence-electron chi connectivity index (χ3n) is 5.22. The molecule has 0 radical (unpaired) electrons. The van der Waals surface area contributed by atoms with Crippen molar-refractivity contribution in [3.8, 4) is 0 Å². The molecule has 0 spiro atoms. The first kappa shape index (κ1) is 19.1. The van der Waals surface area contributed by atoms with Gasteiger partial charge in [0.2, 0.25) is 10.0 Å². The van der Waals surface area contributed by atoms with Gasteiger partial charge in [0.05, 0.1) is 5.75 Å². The molecule has 1 heterocycles. The monoisotopic (exact) mass is 372 g/mol. The Bertz CT molecular complexity index is 869. The third kappa shape index (κ3) is 4.53. The Labute approximate surface area is 157 Å². The SMILES string of the molecule is Cc1ccc(C)c(CN2CCN(S(=O)(=O)Cc3ccccc3C)CC2)c1. The number of rotatable bonds is 5. The summed E-state index contributed by atoms with van der Waals surface area (Å²) in [5.41, 5.74) is 5.83. The molecule has 4 nitrogen and oxygen atoms in total. The van der Waals surface area contributed by atoms with E-state index in [1.54, 1.807) is 4.31 Å². The van der Waals surface area contributed by atoms with Gasteiger partial charge in [-0.25, -0.2) is 8.42 Å². The quantitative estimate of drug-likeness (QED) is 0.809. The summed E-state index contributed by atoms with van der Waals surface area (Å²) in [6.07, 6.45) is 0. The van der Waals surface area contributed by atoms with Crippen LogP contribution in [0.1, 0.15) is 27.8 Å². The average Bonchev–Trinajstić information content (AvgIpc) is 2.60. The Morgan fingerprint density at radius 2 is 1.50 bits per heavy atom. The zero-order valence-corrected chi connectivity index (χ0v) is 16.7. The fraction of sp³-hybridized carbons (Fsp3) is 0.429. The van der Waals surface area contributed by atoms with Crippen molar-refractivity contribution < 1.29 is 8.42 Å². The van der Waals surface area contributed by atoms with Crippen LogP contribution in [-0.2, 0) is 22.3 Å². The van der Waals surface area contributed by atoms with E-state index in [9.17, 15) is 8.42 Å². The van der Waals surface area contributed by atoms with Crippen LogP contribution in [0.3, 0.4) is 0 Å². The van der Waals surface area contributed by atoms with Crippen molar-refractivity contribution in [2.24, 2.45) is 0 Å². The first-order valence-corrected chi connectivity index (χ1v) is 10.8. The first-order valence-electron chi connectivity index (χ1n) is 9.16. The highest BCUT2D eigenvalue weighted by Gasteiger charge is 2.27. The molecular formula is C21H28N2O2S. The molecule has 2 aromatic carbocycles. The Kier molecular flexibility index (Phi) is 5.80. The molecule has 1 aliphatic heterocycles. The summed E-state index contributed by atoms with van der Waals surface area (Å²) in [7, 11) is -3.26. The van der Waals surface area contributed by atoms with Crippen molar-refractivity contribution in [3.63, 3.8) is 0 Å². The summed E-state index contributed by atoms with van der Waals surface area (Å²) < 4.78 is 27.2. The highest BCUT2D eigenvalue weighted by atomic mass is 32.2. The van der Waals surface area contributed by atoms with Crippen LogP contribution in [0.4, 0.5) is 0 Å². The van der Waals surface area contributed by atoms with Crippen molar-refractivity contribution in [2.45, 2.75) is 33.1 Å². The second-order valence-electron chi connectivity index (χ2n) is 7.29. The highest BCUT2D eigenvalue weighted by Crippen LogP contribution is 2.18. The Morgan fingerprint density at radius 3 is 2.19 bits per heavy atom. The lowest BCUT2D eigenvalue weighted by atomic mass is 10.1. The molecule has 0 unspecified atom stereocenters. The van der Waals surface area contributed by atoms with Crippen molar-refractivity contribution in [3.05, 3.63) is 70.3 Å². The minimum Gasteiger partial charge on any atom is -0.296 e. The molecule has 1 aliphatic rings. The normalized spacial score (nSPS) is 16.7. The van der Waals surface area contributed by atoms with Crippen LogP contribution in [-0.4, -0.2) is 43.8 Å². The lowest BCUT2D eigenvalue weighted by Gasteiger charge is -2.34. The molecule has 0 N–H and O–H groups in total. The van der Waals surface area contributed by atoms with Crippen molar-refractivity contribution in [1.82, 2.24) is 9.21 Å². The van der Waals surface area contributed by atoms with Gasteiger partial charge in [-0.2, -0.15) is 4.31 Å². The molecule has 0 aromatic heterocycles. The number of hydrogen-bond acceptors (Lipinski definition) is 3. The zero-order valence-electron chi connectivity index (χ0n) is 15.9. The first-order chi connectivity index (χ1) is 12.3. The van der Waals surface area contributed by atoms with Gasteiger partial charge < -0.3 is 0 Å². The molecule has 0 aliphatic carbocycles. The van der Waals surface area contributed by atoms with Gasteiger partial charge in [-0.1, -0.05) is 48.0 Å². The van der Waals surface area contributed by atoms with Gasteiger partial charge >= 0.3 is 0 Å². The number of aryl methyl sites for hydroxylation is 3. The van der Waals surface area contributed by atoms with Gasteiger partial charge in [-0.15, -0.1) is 0 Å². The van der Waals surface area contributed by atoms with Gasteiger partial charge in [0.25, 0.3) is 0 Å². The predicted octanol–water partition coefficient (Wildman–Crippen LogP) is 3.26. The van der Waals surface area contributed by atoms with Gasteiger partial charge in [-0.05, 0) is 43.0 Å². The van der Waals surface area contributed by atoms with E-state index in [1.165, 1.54) is 16.7 Å². The third-order valence-corrected chi connectivity index (χ3v) is 7.05. The maximum Gasteiger partial charge on any atom is 0.218 e. The van der Waals surface area contributed by atoms with Gasteiger partial charge in [-0.3, -0.25) is 4.90 Å². The number of piperazine rings is 1. The van der Waals surface area contributed by atoms with Crippen LogP contribution in [0.5, 0.6) is 0 Å². The van der Waals surface area contributed by atoms with Gasteiger partial charge in [0, 0.05) is 32.7 Å². The van der Waals surface area contributed by atoms with Crippen LogP contribution >= 0.6 is 0 Å². The molecule has 2 aromatic rings. The largest absolute Gasteiger partial charge is 0.296 e. The molecule has 1 saturated heterocycles. The van der Waals surface area contributed by atoms with Gasteiger partial charge in [0.15, 0.2) is 0 Å². The standard InChI is InChI=1S/C21H28N2O2S/c1-17-8-9-19(3)21(14-17)15-22-10-12-23(13-11-22)26(24,25)16-20-7-5-4-6-18(20)2/h4-9,14H,10-13,15-16H2,1-3H3. The fourth-order valence-corrected chi connectivity index (χ4v) is 5.06. The summed E-state index contributed by atoms with van der Waals surface area (Å²) in [4.78, 5) is 2.35. The minimum absolute atomic E-state index is 0.0939. The zero-order chi connectivity index (χ0) is 18.7. The van der Waals surface area contributed by atoms with Gasteiger partial charge in [0.1, 0.15) is 0 Å². The van der Waals surface area contributed by atoms with Crippen molar-refractivity contribution in [2.75, 3.05) is 26.2 Å². The molecule has 0 atom stereocenters. The van der Waals surface area contributed by atoms with E-state index >= 15 is 0 Å². The number of sulfonamides is 1. The molecular weight excluding hydrogens is 344 g/mol. The summed E-state index contributed by atoms with van der Waals surface area (Å²) in [5, 5.41) is 0. The fourth-order valence-electron chi connectivity index (χ4n) is 3.44. The second-order valence-corrected chi connectivity index (χ2v) is 9.26. The van der Waals surface area contributed by atoms with E-state index in [2.05, 4.69) is 36.9 Å². The van der Waals surface area contributed by atoms with Crippen molar-refractivity contribution in [1.29, 1.82) is 0 Å². The topological polar surface area (TPSA) is 40.6 Å². The molecule has 1 fully saturated rings. The van der Waals surface area contributed by atoms with Crippen molar-refractivity contribution >= 4 is 10.0 Å². The van der Waals surface area contributed by atoms with E-state index in [0.717, 1.165) is 30.8 Å². The van der Waals surface area contributed by atoms with Crippen LogP contribution in [0.25, 0.3) is 0 Å². The Balaban J connectivity index is 1.61. The lowest BCUT2D eigenvalue weighted by Crippen LogP contribution is -2.48. The van der Waals surface area contributed by atoms with E-state index in [-0.39, 0.29) is 5.75 Å². The molecule has 26 heavy (non-hydrogen) atoms. The second kappa shape index (κ2) is 7.91. The lowest BCUT2D eigenvalue weighted by molar-refractivity contribution is 0.181. The number of hydrogen-bond donors (Lipinski definition) is 0. The summed E-state index contributed by atoms with van der Waals surface area (Å²) >= 11 is 0. The molecule has 0 saturated carbocycles. The number of benzene rings is 2. The molecule has 0 amide bonds. The summed E-state index contributed by atoms with van der Waals surface area (Å²) in [6, 6.07) is 14.2. The van der Waals surface area contributed by atoms with E-state index in [0.29, 0.717) is 13.1 Å². The van der Waals surface area contributed by atoms with Crippen LogP contribution in [0.15, 0.2) is 42.5 Å².